The maximum Gasteiger partial charge on any atom is 0.245 e. The quantitative estimate of drug-likeness (QED) is 0.617. The third-order valence-corrected chi connectivity index (χ3v) is 7.80. The van der Waals surface area contributed by atoms with Crippen LogP contribution in [0.3, 0.4) is 0 Å². The summed E-state index contributed by atoms with van der Waals surface area (Å²) in [6, 6.07) is 10.3. The van der Waals surface area contributed by atoms with Gasteiger partial charge in [0.15, 0.2) is 10.8 Å². The fourth-order valence-electron chi connectivity index (χ4n) is 3.45. The van der Waals surface area contributed by atoms with Gasteiger partial charge in [0.05, 0.1) is 17.8 Å². The zero-order valence-corrected chi connectivity index (χ0v) is 18.3. The molecular formula is C21H23N3O4S2. The lowest BCUT2D eigenvalue weighted by molar-refractivity contribution is -0.115. The number of hydrogen-bond donors (Lipinski definition) is 1. The van der Waals surface area contributed by atoms with Crippen LogP contribution in [-0.4, -0.2) is 36.7 Å². The minimum absolute atomic E-state index is 0.0499. The van der Waals surface area contributed by atoms with Crippen molar-refractivity contribution in [3.05, 3.63) is 53.2 Å². The van der Waals surface area contributed by atoms with Gasteiger partial charge in [-0.1, -0.05) is 18.6 Å². The SMILES string of the molecule is Cc1ccc(-c2nc(CC(=O)Nc3ccccc3S(=O)(=O)N3CCCCC3)cs2)o1. The van der Waals surface area contributed by atoms with Crippen LogP contribution in [-0.2, 0) is 21.2 Å². The number of anilines is 1. The Labute approximate surface area is 179 Å². The summed E-state index contributed by atoms with van der Waals surface area (Å²) in [5.41, 5.74) is 0.906. The van der Waals surface area contributed by atoms with Crippen LogP contribution < -0.4 is 5.32 Å². The van der Waals surface area contributed by atoms with Crippen molar-refractivity contribution in [3.63, 3.8) is 0 Å². The maximum atomic E-state index is 13.1. The van der Waals surface area contributed by atoms with Crippen LogP contribution in [0, 0.1) is 6.92 Å². The van der Waals surface area contributed by atoms with E-state index < -0.39 is 10.0 Å². The minimum Gasteiger partial charge on any atom is -0.459 e. The van der Waals surface area contributed by atoms with Gasteiger partial charge in [-0.15, -0.1) is 11.3 Å². The van der Waals surface area contributed by atoms with Gasteiger partial charge in [0.1, 0.15) is 10.7 Å². The molecule has 0 aliphatic carbocycles. The van der Waals surface area contributed by atoms with Crippen molar-refractivity contribution in [2.75, 3.05) is 18.4 Å². The van der Waals surface area contributed by atoms with Crippen LogP contribution in [0.1, 0.15) is 30.7 Å². The molecule has 0 bridgehead atoms. The normalized spacial score (nSPS) is 15.2. The number of carbonyl (C=O) groups is 1. The Hall–Kier alpha value is -2.49. The topological polar surface area (TPSA) is 92.5 Å². The largest absolute Gasteiger partial charge is 0.459 e. The predicted molar refractivity (Wildman–Crippen MR) is 116 cm³/mol. The number of nitrogens with zero attached hydrogens (tertiary/aromatic N) is 2. The van der Waals surface area contributed by atoms with Crippen LogP contribution >= 0.6 is 11.3 Å². The van der Waals surface area contributed by atoms with E-state index in [4.69, 9.17) is 4.42 Å². The van der Waals surface area contributed by atoms with Gasteiger partial charge in [-0.2, -0.15) is 4.31 Å². The smallest absolute Gasteiger partial charge is 0.245 e. The lowest BCUT2D eigenvalue weighted by Crippen LogP contribution is -2.36. The van der Waals surface area contributed by atoms with Gasteiger partial charge in [0, 0.05) is 18.5 Å². The molecule has 30 heavy (non-hydrogen) atoms. The summed E-state index contributed by atoms with van der Waals surface area (Å²) in [7, 11) is -3.65. The first kappa shape index (κ1) is 20.8. The van der Waals surface area contributed by atoms with Gasteiger partial charge in [0.25, 0.3) is 0 Å². The highest BCUT2D eigenvalue weighted by Gasteiger charge is 2.28. The lowest BCUT2D eigenvalue weighted by atomic mass is 10.2. The molecule has 0 spiro atoms. The Morgan fingerprint density at radius 3 is 2.67 bits per heavy atom. The maximum absolute atomic E-state index is 13.1. The number of thiazole rings is 1. The molecule has 1 aromatic carbocycles. The molecule has 0 radical (unpaired) electrons. The van der Waals surface area contributed by atoms with E-state index in [0.717, 1.165) is 25.0 Å². The van der Waals surface area contributed by atoms with Crippen LogP contribution in [0.25, 0.3) is 10.8 Å². The molecule has 2 aromatic heterocycles. The van der Waals surface area contributed by atoms with Crippen LogP contribution in [0.4, 0.5) is 5.69 Å². The molecule has 9 heteroatoms. The first-order valence-electron chi connectivity index (χ1n) is 9.84. The number of piperidine rings is 1. The Kier molecular flexibility index (Phi) is 6.03. The zero-order valence-electron chi connectivity index (χ0n) is 16.6. The molecular weight excluding hydrogens is 422 g/mol. The molecule has 1 aliphatic heterocycles. The van der Waals surface area contributed by atoms with E-state index in [9.17, 15) is 13.2 Å². The fourth-order valence-corrected chi connectivity index (χ4v) is 5.89. The average Bonchev–Trinajstić information content (AvgIpc) is 3.38. The van der Waals surface area contributed by atoms with E-state index in [0.29, 0.717) is 35.2 Å². The first-order chi connectivity index (χ1) is 14.4. The Balaban J connectivity index is 1.48. The van der Waals surface area contributed by atoms with E-state index in [2.05, 4.69) is 10.3 Å². The number of benzene rings is 1. The number of para-hydroxylation sites is 1. The second kappa shape index (κ2) is 8.71. The third-order valence-electron chi connectivity index (χ3n) is 4.94. The standard InChI is InChI=1S/C21H23N3O4S2/c1-15-9-10-18(28-15)21-22-16(14-29-21)13-20(25)23-17-7-3-4-8-19(17)30(26,27)24-11-5-2-6-12-24/h3-4,7-10,14H,2,5-6,11-13H2,1H3,(H,23,25). The molecule has 1 N–H and O–H groups in total. The van der Waals surface area contributed by atoms with Crippen molar-refractivity contribution in [2.45, 2.75) is 37.5 Å². The van der Waals surface area contributed by atoms with Gasteiger partial charge in [-0.25, -0.2) is 13.4 Å². The number of amides is 1. The average molecular weight is 446 g/mol. The first-order valence-corrected chi connectivity index (χ1v) is 12.2. The summed E-state index contributed by atoms with van der Waals surface area (Å²) in [6.45, 7) is 2.89. The Bertz CT molecular complexity index is 1140. The van der Waals surface area contributed by atoms with Gasteiger partial charge in [-0.05, 0) is 44.0 Å². The number of aromatic nitrogens is 1. The van der Waals surface area contributed by atoms with Crippen molar-refractivity contribution in [1.82, 2.24) is 9.29 Å². The molecule has 7 nitrogen and oxygen atoms in total. The number of rotatable bonds is 6. The number of sulfonamides is 1. The van der Waals surface area contributed by atoms with E-state index in [1.165, 1.54) is 15.6 Å². The summed E-state index contributed by atoms with van der Waals surface area (Å²) in [6.07, 6.45) is 2.80. The highest BCUT2D eigenvalue weighted by atomic mass is 32.2. The van der Waals surface area contributed by atoms with Crippen LogP contribution in [0.2, 0.25) is 0 Å². The van der Waals surface area contributed by atoms with Crippen LogP contribution in [0.15, 0.2) is 51.1 Å². The van der Waals surface area contributed by atoms with E-state index in [-0.39, 0.29) is 17.2 Å². The molecule has 1 saturated heterocycles. The third kappa shape index (κ3) is 4.48. The molecule has 0 saturated carbocycles. The van der Waals surface area contributed by atoms with Gasteiger partial charge < -0.3 is 9.73 Å². The van der Waals surface area contributed by atoms with Crippen molar-refractivity contribution in [2.24, 2.45) is 0 Å². The van der Waals surface area contributed by atoms with Gasteiger partial charge in [-0.3, -0.25) is 4.79 Å². The molecule has 1 aliphatic rings. The summed E-state index contributed by atoms with van der Waals surface area (Å²) < 4.78 is 33.2. The second-order valence-electron chi connectivity index (χ2n) is 7.24. The molecule has 0 atom stereocenters. The molecule has 0 unspecified atom stereocenters. The molecule has 158 valence electrons. The summed E-state index contributed by atoms with van der Waals surface area (Å²) in [5.74, 6) is 1.15. The Morgan fingerprint density at radius 2 is 1.93 bits per heavy atom. The van der Waals surface area contributed by atoms with Gasteiger partial charge >= 0.3 is 0 Å². The molecule has 1 amide bonds. The number of hydrogen-bond acceptors (Lipinski definition) is 6. The summed E-state index contributed by atoms with van der Waals surface area (Å²) in [5, 5.41) is 5.27. The van der Waals surface area contributed by atoms with Crippen molar-refractivity contribution < 1.29 is 17.6 Å². The number of nitrogens with one attached hydrogen (secondary N) is 1. The monoisotopic (exact) mass is 445 g/mol. The van der Waals surface area contributed by atoms with E-state index >= 15 is 0 Å². The predicted octanol–water partition coefficient (Wildman–Crippen LogP) is 4.07. The van der Waals surface area contributed by atoms with E-state index in [1.807, 2.05) is 24.4 Å². The second-order valence-corrected chi connectivity index (χ2v) is 10.0. The summed E-state index contributed by atoms with van der Waals surface area (Å²) >= 11 is 1.40. The zero-order chi connectivity index (χ0) is 21.1. The van der Waals surface area contributed by atoms with Crippen molar-refractivity contribution >= 4 is 33.0 Å². The number of aryl methyl sites for hydroxylation is 1. The molecule has 4 rings (SSSR count). The molecule has 3 aromatic rings. The number of carbonyl (C=O) groups excluding carboxylic acids is 1. The fraction of sp³-hybridized carbons (Fsp3) is 0.333. The lowest BCUT2D eigenvalue weighted by Gasteiger charge is -2.26. The van der Waals surface area contributed by atoms with Crippen molar-refractivity contribution in [3.8, 4) is 10.8 Å². The minimum atomic E-state index is -3.65. The highest BCUT2D eigenvalue weighted by molar-refractivity contribution is 7.89. The number of furan rings is 1. The highest BCUT2D eigenvalue weighted by Crippen LogP contribution is 2.28. The summed E-state index contributed by atoms with van der Waals surface area (Å²) in [4.78, 5) is 17.2. The van der Waals surface area contributed by atoms with Crippen molar-refractivity contribution in [1.29, 1.82) is 0 Å². The van der Waals surface area contributed by atoms with E-state index in [1.54, 1.807) is 24.3 Å². The molecule has 1 fully saturated rings. The molecule has 3 heterocycles. The van der Waals surface area contributed by atoms with Gasteiger partial charge in [0.2, 0.25) is 15.9 Å². The van der Waals surface area contributed by atoms with Crippen LogP contribution in [0.5, 0.6) is 0 Å². The Morgan fingerprint density at radius 1 is 1.17 bits per heavy atom.